The van der Waals surface area contributed by atoms with Crippen molar-refractivity contribution < 1.29 is 33.4 Å². The van der Waals surface area contributed by atoms with Gasteiger partial charge < -0.3 is 10.2 Å². The first-order valence-electron chi connectivity index (χ1n) is 3.84. The molecular weight excluding hydrogens is 226 g/mol. The molecule has 0 aliphatic heterocycles. The number of ketones is 1. The maximum atomic E-state index is 13.0. The van der Waals surface area contributed by atoms with Crippen molar-refractivity contribution in [1.82, 2.24) is 0 Å². The van der Waals surface area contributed by atoms with Crippen LogP contribution in [0.3, 0.4) is 0 Å². The van der Waals surface area contributed by atoms with Gasteiger partial charge in [-0.05, 0) is 12.1 Å². The molecule has 0 saturated carbocycles. The maximum Gasteiger partial charge on any atom is 0.377 e. The van der Waals surface area contributed by atoms with Gasteiger partial charge in [-0.2, -0.15) is 0 Å². The van der Waals surface area contributed by atoms with E-state index in [1.54, 1.807) is 0 Å². The molecule has 0 aromatic heterocycles. The van der Waals surface area contributed by atoms with Gasteiger partial charge in [0, 0.05) is 5.56 Å². The highest BCUT2D eigenvalue weighted by atomic mass is 19.1. The normalized spacial score (nSPS) is 9.88. The van der Waals surface area contributed by atoms with Crippen LogP contribution in [0, 0.1) is 11.6 Å². The highest BCUT2D eigenvalue weighted by molar-refractivity contribution is 6.39. The standard InChI is InChI=1S/C9H4F2O5/c10-4-1-3(7(12)9(15)16)2-5(11)6(4)8(13)14/h1-2H,(H,13,14)(H,15,16). The summed E-state index contributed by atoms with van der Waals surface area (Å²) in [5, 5.41) is 16.7. The molecule has 0 atom stereocenters. The van der Waals surface area contributed by atoms with Gasteiger partial charge in [0.1, 0.15) is 17.2 Å². The molecule has 84 valence electrons. The van der Waals surface area contributed by atoms with Gasteiger partial charge >= 0.3 is 11.9 Å². The summed E-state index contributed by atoms with van der Waals surface area (Å²) < 4.78 is 26.0. The Hall–Kier alpha value is -2.31. The summed E-state index contributed by atoms with van der Waals surface area (Å²) in [5.74, 6) is -8.25. The molecule has 5 nitrogen and oxygen atoms in total. The van der Waals surface area contributed by atoms with Crippen molar-refractivity contribution in [2.45, 2.75) is 0 Å². The van der Waals surface area contributed by atoms with Crippen LogP contribution in [-0.4, -0.2) is 27.9 Å². The minimum Gasteiger partial charge on any atom is -0.477 e. The Morgan fingerprint density at radius 3 is 1.75 bits per heavy atom. The Bertz CT molecular complexity index is 472. The molecule has 1 rings (SSSR count). The molecule has 0 saturated heterocycles. The second-order valence-corrected chi connectivity index (χ2v) is 2.75. The number of benzene rings is 1. The first kappa shape index (κ1) is 11.8. The number of rotatable bonds is 3. The number of hydrogen-bond donors (Lipinski definition) is 2. The van der Waals surface area contributed by atoms with Gasteiger partial charge in [0.25, 0.3) is 5.78 Å². The summed E-state index contributed by atoms with van der Waals surface area (Å²) in [4.78, 5) is 31.5. The average Bonchev–Trinajstić information content (AvgIpc) is 2.14. The molecule has 0 heterocycles. The van der Waals surface area contributed by atoms with Crippen molar-refractivity contribution in [3.63, 3.8) is 0 Å². The summed E-state index contributed by atoms with van der Waals surface area (Å²) in [5.41, 5.74) is -1.99. The number of carboxylic acid groups (broad SMARTS) is 2. The fourth-order valence-electron chi connectivity index (χ4n) is 1.03. The Kier molecular flexibility index (Phi) is 2.98. The van der Waals surface area contributed by atoms with Crippen molar-refractivity contribution in [2.75, 3.05) is 0 Å². The summed E-state index contributed by atoms with van der Waals surface area (Å²) in [6.45, 7) is 0. The van der Waals surface area contributed by atoms with Crippen LogP contribution in [0.5, 0.6) is 0 Å². The average molecular weight is 230 g/mol. The minimum absolute atomic E-state index is 0.364. The topological polar surface area (TPSA) is 91.7 Å². The molecule has 0 radical (unpaired) electrons. The lowest BCUT2D eigenvalue weighted by Gasteiger charge is -2.02. The summed E-state index contributed by atoms with van der Waals surface area (Å²) >= 11 is 0. The predicted octanol–water partition coefficient (Wildman–Crippen LogP) is 0.930. The number of aliphatic carboxylic acids is 1. The Balaban J connectivity index is 3.36. The van der Waals surface area contributed by atoms with Gasteiger partial charge in [-0.1, -0.05) is 0 Å². The minimum atomic E-state index is -1.89. The van der Waals surface area contributed by atoms with Crippen LogP contribution in [-0.2, 0) is 4.79 Å². The quantitative estimate of drug-likeness (QED) is 0.595. The third kappa shape index (κ3) is 2.02. The molecule has 0 aliphatic carbocycles. The molecule has 7 heteroatoms. The van der Waals surface area contributed by atoms with Crippen LogP contribution in [0.2, 0.25) is 0 Å². The van der Waals surface area contributed by atoms with Gasteiger partial charge in [0.15, 0.2) is 0 Å². The van der Waals surface area contributed by atoms with E-state index in [0.717, 1.165) is 0 Å². The Morgan fingerprint density at radius 2 is 1.44 bits per heavy atom. The van der Waals surface area contributed by atoms with E-state index in [2.05, 4.69) is 0 Å². The van der Waals surface area contributed by atoms with Crippen LogP contribution < -0.4 is 0 Å². The molecule has 0 bridgehead atoms. The van der Waals surface area contributed by atoms with Crippen molar-refractivity contribution in [2.24, 2.45) is 0 Å². The Morgan fingerprint density at radius 1 is 1.00 bits per heavy atom. The first-order chi connectivity index (χ1) is 7.34. The third-order valence-corrected chi connectivity index (χ3v) is 1.71. The van der Waals surface area contributed by atoms with E-state index in [1.165, 1.54) is 0 Å². The van der Waals surface area contributed by atoms with Crippen molar-refractivity contribution in [1.29, 1.82) is 0 Å². The van der Waals surface area contributed by atoms with E-state index in [-0.39, 0.29) is 0 Å². The third-order valence-electron chi connectivity index (χ3n) is 1.71. The molecule has 0 amide bonds. The molecule has 0 aliphatic rings. The number of carbonyl (C=O) groups excluding carboxylic acids is 1. The van der Waals surface area contributed by atoms with E-state index < -0.39 is 40.5 Å². The van der Waals surface area contributed by atoms with E-state index in [9.17, 15) is 23.2 Å². The number of aromatic carboxylic acids is 1. The van der Waals surface area contributed by atoms with Crippen LogP contribution >= 0.6 is 0 Å². The Labute approximate surface area is 86.9 Å². The molecule has 16 heavy (non-hydrogen) atoms. The largest absolute Gasteiger partial charge is 0.477 e. The summed E-state index contributed by atoms with van der Waals surface area (Å²) in [6, 6.07) is 0.728. The van der Waals surface area contributed by atoms with Crippen molar-refractivity contribution >= 4 is 17.7 Å². The summed E-state index contributed by atoms with van der Waals surface area (Å²) in [7, 11) is 0. The SMILES string of the molecule is O=C(O)C(=O)c1cc(F)c(C(=O)O)c(F)c1. The first-order valence-corrected chi connectivity index (χ1v) is 3.84. The highest BCUT2D eigenvalue weighted by Gasteiger charge is 2.22. The second kappa shape index (κ2) is 4.05. The van der Waals surface area contributed by atoms with E-state index >= 15 is 0 Å². The number of carboxylic acids is 2. The molecule has 0 unspecified atom stereocenters. The van der Waals surface area contributed by atoms with E-state index in [4.69, 9.17) is 10.2 Å². The lowest BCUT2D eigenvalue weighted by atomic mass is 10.1. The van der Waals surface area contributed by atoms with Crippen LogP contribution in [0.25, 0.3) is 0 Å². The van der Waals surface area contributed by atoms with Crippen molar-refractivity contribution in [3.8, 4) is 0 Å². The molecule has 1 aromatic rings. The zero-order valence-corrected chi connectivity index (χ0v) is 7.53. The van der Waals surface area contributed by atoms with Gasteiger partial charge in [0.2, 0.25) is 0 Å². The smallest absolute Gasteiger partial charge is 0.377 e. The lowest BCUT2D eigenvalue weighted by molar-refractivity contribution is -0.131. The van der Waals surface area contributed by atoms with Gasteiger partial charge in [-0.3, -0.25) is 4.79 Å². The number of carbonyl (C=O) groups is 3. The lowest BCUT2D eigenvalue weighted by Crippen LogP contribution is -2.15. The summed E-state index contributed by atoms with van der Waals surface area (Å²) in [6.07, 6.45) is 0. The van der Waals surface area contributed by atoms with Gasteiger partial charge in [-0.25, -0.2) is 18.4 Å². The fraction of sp³-hybridized carbons (Fsp3) is 0. The van der Waals surface area contributed by atoms with Crippen LogP contribution in [0.1, 0.15) is 20.7 Å². The van der Waals surface area contributed by atoms with Crippen molar-refractivity contribution in [3.05, 3.63) is 34.9 Å². The molecule has 2 N–H and O–H groups in total. The maximum absolute atomic E-state index is 13.0. The van der Waals surface area contributed by atoms with Gasteiger partial charge in [0.05, 0.1) is 0 Å². The number of Topliss-reactive ketones (excluding diaryl/α,β-unsaturated/α-hetero) is 1. The molecule has 1 aromatic carbocycles. The molecular formula is C9H4F2O5. The highest BCUT2D eigenvalue weighted by Crippen LogP contribution is 2.16. The zero-order valence-electron chi connectivity index (χ0n) is 7.53. The number of halogens is 2. The zero-order chi connectivity index (χ0) is 12.5. The van der Waals surface area contributed by atoms with Gasteiger partial charge in [-0.15, -0.1) is 0 Å². The molecule has 0 fully saturated rings. The molecule has 0 spiro atoms. The fourth-order valence-corrected chi connectivity index (χ4v) is 1.03. The van der Waals surface area contributed by atoms with Crippen LogP contribution in [0.15, 0.2) is 12.1 Å². The predicted molar refractivity (Wildman–Crippen MR) is 45.3 cm³/mol. The number of hydrogen-bond acceptors (Lipinski definition) is 3. The van der Waals surface area contributed by atoms with E-state index in [0.29, 0.717) is 12.1 Å². The van der Waals surface area contributed by atoms with Crippen LogP contribution in [0.4, 0.5) is 8.78 Å². The van der Waals surface area contributed by atoms with E-state index in [1.807, 2.05) is 0 Å². The monoisotopic (exact) mass is 230 g/mol. The second-order valence-electron chi connectivity index (χ2n) is 2.75.